The summed E-state index contributed by atoms with van der Waals surface area (Å²) in [5.74, 6) is 5.01. The summed E-state index contributed by atoms with van der Waals surface area (Å²) in [6.45, 7) is 3.24. The highest BCUT2D eigenvalue weighted by Gasteiger charge is 1.98. The summed E-state index contributed by atoms with van der Waals surface area (Å²) in [7, 11) is 0. The number of nitrogens with two attached hydrogens (primary N) is 1. The number of nitrogens with one attached hydrogen (secondary N) is 9. The Morgan fingerprint density at radius 2 is 0.449 bits per heavy atom. The molecule has 0 aromatic heterocycles. The van der Waals surface area contributed by atoms with Gasteiger partial charge in [0.1, 0.15) is 0 Å². The van der Waals surface area contributed by atoms with Gasteiger partial charge in [-0.25, -0.2) is 5.43 Å². The monoisotopic (exact) mass is 699 g/mol. The van der Waals surface area contributed by atoms with Gasteiger partial charge in [-0.1, -0.05) is 238 Å². The minimum atomic E-state index is 0.929. The van der Waals surface area contributed by atoms with Gasteiger partial charge in [-0.05, 0) is 6.42 Å². The summed E-state index contributed by atoms with van der Waals surface area (Å²) in [5.41, 5.74) is 23.7. The molecule has 10 heteroatoms. The average molecular weight is 699 g/mol. The largest absolute Gasteiger partial charge is 0.257 e. The lowest BCUT2D eigenvalue weighted by Crippen LogP contribution is -2.64. The van der Waals surface area contributed by atoms with Crippen LogP contribution >= 0.6 is 0 Å². The Hall–Kier alpha value is -0.400. The molecule has 0 saturated carbocycles. The number of hydrogen-bond acceptors (Lipinski definition) is 10. The maximum absolute atomic E-state index is 5.01. The first-order valence-electron chi connectivity index (χ1n) is 21.8. The van der Waals surface area contributed by atoms with E-state index in [1.54, 1.807) is 0 Å². The highest BCUT2D eigenvalue weighted by molar-refractivity contribution is 4.53. The lowest BCUT2D eigenvalue weighted by molar-refractivity contribution is 0.243. The van der Waals surface area contributed by atoms with Crippen LogP contribution in [0.1, 0.15) is 244 Å². The first-order chi connectivity index (χ1) is 24.4. The van der Waals surface area contributed by atoms with Crippen LogP contribution in [0.25, 0.3) is 0 Å². The maximum atomic E-state index is 5.01. The summed E-state index contributed by atoms with van der Waals surface area (Å²) < 4.78 is 0. The molecule has 0 aliphatic rings. The molecule has 10 nitrogen and oxygen atoms in total. The first-order valence-corrected chi connectivity index (χ1v) is 21.8. The fourth-order valence-corrected chi connectivity index (χ4v) is 6.77. The van der Waals surface area contributed by atoms with Crippen molar-refractivity contribution in [1.82, 2.24) is 49.7 Å². The van der Waals surface area contributed by atoms with Gasteiger partial charge in [0, 0.05) is 6.54 Å². The maximum Gasteiger partial charge on any atom is 0.0113 e. The van der Waals surface area contributed by atoms with Crippen molar-refractivity contribution in [3.05, 3.63) is 0 Å². The Bertz CT molecular complexity index is 512. The molecule has 0 saturated heterocycles. The van der Waals surface area contributed by atoms with Gasteiger partial charge < -0.3 is 0 Å². The molecule has 0 unspecified atom stereocenters. The van der Waals surface area contributed by atoms with Crippen molar-refractivity contribution in [3.8, 4) is 0 Å². The predicted molar refractivity (Wildman–Crippen MR) is 214 cm³/mol. The van der Waals surface area contributed by atoms with E-state index in [1.165, 1.54) is 238 Å². The lowest BCUT2D eigenvalue weighted by Gasteiger charge is -2.12. The molecule has 11 N–H and O–H groups in total. The van der Waals surface area contributed by atoms with Crippen molar-refractivity contribution in [3.63, 3.8) is 0 Å². The van der Waals surface area contributed by atoms with Gasteiger partial charge in [-0.3, -0.25) is 5.84 Å². The van der Waals surface area contributed by atoms with Crippen molar-refractivity contribution in [2.24, 2.45) is 5.84 Å². The number of hydrazine groups is 9. The van der Waals surface area contributed by atoms with Gasteiger partial charge in [-0.15, -0.1) is 0 Å². The van der Waals surface area contributed by atoms with Crippen molar-refractivity contribution in [2.75, 3.05) is 6.54 Å². The Morgan fingerprint density at radius 1 is 0.245 bits per heavy atom. The molecule has 0 aliphatic heterocycles. The van der Waals surface area contributed by atoms with E-state index in [-0.39, 0.29) is 0 Å². The SMILES string of the molecule is CCCCCCCCCCCCCCCCCCCCCCCCCCCCCCCCCCCCCCCNNNNNNNNNN. The molecule has 0 rings (SSSR count). The van der Waals surface area contributed by atoms with E-state index in [1.807, 2.05) is 0 Å². The van der Waals surface area contributed by atoms with Crippen molar-refractivity contribution in [1.29, 1.82) is 0 Å². The van der Waals surface area contributed by atoms with E-state index >= 15 is 0 Å². The molecule has 0 fully saturated rings. The third kappa shape index (κ3) is 47.6. The van der Waals surface area contributed by atoms with Crippen LogP contribution in [0.4, 0.5) is 0 Å². The van der Waals surface area contributed by atoms with E-state index in [2.05, 4.69) is 56.6 Å². The van der Waals surface area contributed by atoms with Crippen LogP contribution in [0.2, 0.25) is 0 Å². The number of hydrogen-bond donors (Lipinski definition) is 10. The molecule has 0 spiro atoms. The van der Waals surface area contributed by atoms with E-state index in [9.17, 15) is 0 Å². The standard InChI is InChI=1S/C39H90N10/c1-2-3-4-5-6-7-8-9-10-11-12-13-14-15-16-17-18-19-20-21-22-23-24-25-26-27-28-29-30-31-32-33-34-35-36-37-38-39-41-43-45-47-49-48-46-44-42-40/h41-49H,2-40H2,1H3. The zero-order valence-electron chi connectivity index (χ0n) is 32.9. The van der Waals surface area contributed by atoms with Gasteiger partial charge in [-0.2, -0.15) is 44.3 Å². The summed E-state index contributed by atoms with van der Waals surface area (Å²) in [5, 5.41) is 0. The second-order valence-electron chi connectivity index (χ2n) is 14.7. The zero-order valence-corrected chi connectivity index (χ0v) is 32.9. The fraction of sp³-hybridized carbons (Fsp3) is 1.00. The molecule has 0 aromatic rings. The lowest BCUT2D eigenvalue weighted by atomic mass is 10.0. The average Bonchev–Trinajstić information content (AvgIpc) is 3.11. The number of unbranched alkanes of at least 4 members (excludes halogenated alkanes) is 36. The van der Waals surface area contributed by atoms with Gasteiger partial charge in [0.2, 0.25) is 0 Å². The summed E-state index contributed by atoms with van der Waals surface area (Å²) >= 11 is 0. The molecule has 0 aliphatic carbocycles. The van der Waals surface area contributed by atoms with Crippen molar-refractivity contribution in [2.45, 2.75) is 244 Å². The summed E-state index contributed by atoms with van der Waals surface area (Å²) in [6, 6.07) is 0. The van der Waals surface area contributed by atoms with Crippen molar-refractivity contribution >= 4 is 0 Å². The van der Waals surface area contributed by atoms with Crippen LogP contribution in [0.3, 0.4) is 0 Å². The third-order valence-corrected chi connectivity index (χ3v) is 9.94. The van der Waals surface area contributed by atoms with E-state index in [4.69, 9.17) is 5.84 Å². The molecule has 0 atom stereocenters. The highest BCUT2D eigenvalue weighted by Crippen LogP contribution is 2.17. The number of rotatable bonds is 46. The molecule has 0 heterocycles. The second-order valence-corrected chi connectivity index (χ2v) is 14.7. The molecule has 0 radical (unpaired) electrons. The Kier molecular flexibility index (Phi) is 47.2. The highest BCUT2D eigenvalue weighted by atomic mass is 15.9. The Balaban J connectivity index is 3.04. The first kappa shape index (κ1) is 48.6. The minimum absolute atomic E-state index is 0.929. The fourth-order valence-electron chi connectivity index (χ4n) is 6.77. The van der Waals surface area contributed by atoms with E-state index in [0.29, 0.717) is 0 Å². The molecule has 0 aromatic carbocycles. The molecule has 0 bridgehead atoms. The molecular weight excluding hydrogens is 608 g/mol. The van der Waals surface area contributed by atoms with Crippen LogP contribution in [0.5, 0.6) is 0 Å². The Labute approximate surface area is 306 Å². The second kappa shape index (κ2) is 47.6. The van der Waals surface area contributed by atoms with Crippen LogP contribution in [0.15, 0.2) is 0 Å². The van der Waals surface area contributed by atoms with Crippen LogP contribution in [-0.2, 0) is 0 Å². The topological polar surface area (TPSA) is 134 Å². The van der Waals surface area contributed by atoms with E-state index in [0.717, 1.165) is 6.54 Å². The minimum Gasteiger partial charge on any atom is -0.257 e. The Morgan fingerprint density at radius 3 is 0.694 bits per heavy atom. The molecular formula is C39H90N10. The van der Waals surface area contributed by atoms with Gasteiger partial charge >= 0.3 is 0 Å². The van der Waals surface area contributed by atoms with Crippen molar-refractivity contribution < 1.29 is 0 Å². The third-order valence-electron chi connectivity index (χ3n) is 9.94. The normalized spacial score (nSPS) is 11.6. The summed E-state index contributed by atoms with van der Waals surface area (Å²) in [6.07, 6.45) is 53.5. The van der Waals surface area contributed by atoms with Gasteiger partial charge in [0.25, 0.3) is 0 Å². The zero-order chi connectivity index (χ0) is 35.2. The van der Waals surface area contributed by atoms with Crippen LogP contribution < -0.4 is 55.5 Å². The van der Waals surface area contributed by atoms with Crippen LogP contribution in [0, 0.1) is 0 Å². The smallest absolute Gasteiger partial charge is 0.0113 e. The van der Waals surface area contributed by atoms with E-state index < -0.39 is 0 Å². The van der Waals surface area contributed by atoms with Crippen LogP contribution in [-0.4, -0.2) is 6.54 Å². The molecule has 49 heavy (non-hydrogen) atoms. The summed E-state index contributed by atoms with van der Waals surface area (Å²) in [4.78, 5) is 0. The molecule has 0 amide bonds. The predicted octanol–water partition coefficient (Wildman–Crippen LogP) is 9.94. The quantitative estimate of drug-likeness (QED) is 0.0170. The van der Waals surface area contributed by atoms with Gasteiger partial charge in [0.05, 0.1) is 0 Å². The van der Waals surface area contributed by atoms with Gasteiger partial charge in [0.15, 0.2) is 0 Å². The molecule has 296 valence electrons.